The number of para-hydroxylation sites is 1. The topological polar surface area (TPSA) is 25.2 Å². The van der Waals surface area contributed by atoms with Crippen molar-refractivity contribution in [2.24, 2.45) is 0 Å². The van der Waals surface area contributed by atoms with Crippen LogP contribution in [0.5, 0.6) is 0 Å². The maximum Gasteiger partial charge on any atom is 0.0702 e. The normalized spacial score (nSPS) is 10.4. The molecule has 1 heterocycles. The van der Waals surface area contributed by atoms with Crippen molar-refractivity contribution in [2.75, 3.05) is 0 Å². The molecule has 0 saturated carbocycles. The van der Waals surface area contributed by atoms with Crippen LogP contribution in [0.2, 0.25) is 0 Å². The van der Waals surface area contributed by atoms with Gasteiger partial charge >= 0.3 is 0 Å². The Hall–Kier alpha value is -1.54. The molecule has 1 N–H and O–H groups in total. The molecule has 0 aliphatic heterocycles. The molecule has 2 aromatic rings. The maximum absolute atomic E-state index is 9.23. The van der Waals surface area contributed by atoms with Gasteiger partial charge in [0.2, 0.25) is 0 Å². The average molecular weight is 187 g/mol. The van der Waals surface area contributed by atoms with Crippen LogP contribution >= 0.6 is 0 Å². The van der Waals surface area contributed by atoms with E-state index < -0.39 is 0 Å². The fourth-order valence-electron chi connectivity index (χ4n) is 1.70. The van der Waals surface area contributed by atoms with E-state index in [0.29, 0.717) is 0 Å². The van der Waals surface area contributed by atoms with Gasteiger partial charge in [0, 0.05) is 18.0 Å². The molecule has 0 unspecified atom stereocenters. The molecule has 0 aliphatic rings. The van der Waals surface area contributed by atoms with Crippen molar-refractivity contribution >= 4 is 0 Å². The highest BCUT2D eigenvalue weighted by molar-refractivity contribution is 5.47. The zero-order chi connectivity index (χ0) is 9.97. The van der Waals surface area contributed by atoms with Gasteiger partial charge in [-0.05, 0) is 24.6 Å². The van der Waals surface area contributed by atoms with Crippen LogP contribution in [-0.4, -0.2) is 9.67 Å². The van der Waals surface area contributed by atoms with Gasteiger partial charge in [0.1, 0.15) is 0 Å². The first-order valence-electron chi connectivity index (χ1n) is 4.65. The zero-order valence-corrected chi connectivity index (χ0v) is 8.14. The van der Waals surface area contributed by atoms with Gasteiger partial charge in [0.15, 0.2) is 0 Å². The monoisotopic (exact) mass is 187 g/mol. The average Bonchev–Trinajstić information content (AvgIpc) is 2.70. The first kappa shape index (κ1) is 9.03. The van der Waals surface area contributed by atoms with Crippen molar-refractivity contribution in [2.45, 2.75) is 13.5 Å². The molecular formula is C12H13NO. The lowest BCUT2D eigenvalue weighted by Gasteiger charge is -2.11. The van der Waals surface area contributed by atoms with Crippen LogP contribution in [0.3, 0.4) is 0 Å². The second-order valence-corrected chi connectivity index (χ2v) is 3.33. The molecule has 0 saturated heterocycles. The predicted octanol–water partition coefficient (Wildman–Crippen LogP) is 2.28. The van der Waals surface area contributed by atoms with Gasteiger partial charge in [-0.2, -0.15) is 0 Å². The van der Waals surface area contributed by atoms with Crippen molar-refractivity contribution in [1.82, 2.24) is 4.57 Å². The summed E-state index contributed by atoms with van der Waals surface area (Å²) in [5.41, 5.74) is 3.22. The summed E-state index contributed by atoms with van der Waals surface area (Å²) in [6.45, 7) is 2.13. The molecule has 1 aromatic carbocycles. The highest BCUT2D eigenvalue weighted by Crippen LogP contribution is 2.19. The molecule has 1 aromatic heterocycles. The van der Waals surface area contributed by atoms with E-state index in [1.165, 1.54) is 5.56 Å². The van der Waals surface area contributed by atoms with Crippen molar-refractivity contribution < 1.29 is 5.11 Å². The van der Waals surface area contributed by atoms with Gasteiger partial charge in [-0.25, -0.2) is 0 Å². The van der Waals surface area contributed by atoms with E-state index in [2.05, 4.69) is 13.0 Å². The van der Waals surface area contributed by atoms with E-state index in [-0.39, 0.29) is 6.61 Å². The molecule has 14 heavy (non-hydrogen) atoms. The Labute approximate surface area is 83.4 Å². The first-order valence-corrected chi connectivity index (χ1v) is 4.65. The van der Waals surface area contributed by atoms with Crippen LogP contribution in [0.4, 0.5) is 0 Å². The number of aliphatic hydroxyl groups is 1. The summed E-state index contributed by atoms with van der Waals surface area (Å²) in [7, 11) is 0. The van der Waals surface area contributed by atoms with E-state index in [1.54, 1.807) is 0 Å². The molecule has 2 heteroatoms. The lowest BCUT2D eigenvalue weighted by molar-refractivity contribution is 0.281. The molecule has 2 rings (SSSR count). The lowest BCUT2D eigenvalue weighted by atomic mass is 10.1. The van der Waals surface area contributed by atoms with E-state index in [9.17, 15) is 5.11 Å². The number of benzene rings is 1. The molecule has 0 radical (unpaired) electrons. The van der Waals surface area contributed by atoms with Gasteiger partial charge in [0.05, 0.1) is 12.3 Å². The number of hydrogen-bond acceptors (Lipinski definition) is 1. The van der Waals surface area contributed by atoms with E-state index >= 15 is 0 Å². The smallest absolute Gasteiger partial charge is 0.0702 e. The highest BCUT2D eigenvalue weighted by Gasteiger charge is 2.05. The van der Waals surface area contributed by atoms with Gasteiger partial charge < -0.3 is 9.67 Å². The highest BCUT2D eigenvalue weighted by atomic mass is 16.3. The third kappa shape index (κ3) is 1.44. The van der Waals surface area contributed by atoms with Crippen LogP contribution in [0, 0.1) is 6.92 Å². The quantitative estimate of drug-likeness (QED) is 0.766. The molecule has 0 amide bonds. The number of aryl methyl sites for hydroxylation is 1. The summed E-state index contributed by atoms with van der Waals surface area (Å²) >= 11 is 0. The molecule has 0 fully saturated rings. The Morgan fingerprint density at radius 2 is 1.86 bits per heavy atom. The van der Waals surface area contributed by atoms with Crippen LogP contribution < -0.4 is 0 Å². The Morgan fingerprint density at radius 1 is 1.14 bits per heavy atom. The Bertz CT molecular complexity index is 418. The standard InChI is InChI=1S/C12H13NO/c1-10-5-4-6-11(9-14)12(10)13-7-2-3-8-13/h2-8,14H,9H2,1H3. The molecule has 0 spiro atoms. The molecule has 0 bridgehead atoms. The van der Waals surface area contributed by atoms with Gasteiger partial charge in [-0.15, -0.1) is 0 Å². The number of hydrogen-bond donors (Lipinski definition) is 1. The van der Waals surface area contributed by atoms with Crippen LogP contribution in [0.25, 0.3) is 5.69 Å². The largest absolute Gasteiger partial charge is 0.392 e. The zero-order valence-electron chi connectivity index (χ0n) is 8.14. The Kier molecular flexibility index (Phi) is 2.37. The van der Waals surface area contributed by atoms with Gasteiger partial charge in [-0.3, -0.25) is 0 Å². The van der Waals surface area contributed by atoms with E-state index in [0.717, 1.165) is 11.3 Å². The van der Waals surface area contributed by atoms with Crippen LogP contribution in [0.1, 0.15) is 11.1 Å². The molecular weight excluding hydrogens is 174 g/mol. The minimum absolute atomic E-state index is 0.0786. The van der Waals surface area contributed by atoms with Crippen molar-refractivity contribution in [1.29, 1.82) is 0 Å². The van der Waals surface area contributed by atoms with E-state index in [1.807, 2.05) is 41.2 Å². The lowest BCUT2D eigenvalue weighted by Crippen LogP contribution is -1.99. The van der Waals surface area contributed by atoms with E-state index in [4.69, 9.17) is 0 Å². The maximum atomic E-state index is 9.23. The van der Waals surface area contributed by atoms with Crippen molar-refractivity contribution in [3.63, 3.8) is 0 Å². The minimum Gasteiger partial charge on any atom is -0.392 e. The predicted molar refractivity (Wildman–Crippen MR) is 56.4 cm³/mol. The van der Waals surface area contributed by atoms with Crippen molar-refractivity contribution in [3.8, 4) is 5.69 Å². The fourth-order valence-corrected chi connectivity index (χ4v) is 1.70. The number of rotatable bonds is 2. The SMILES string of the molecule is Cc1cccc(CO)c1-n1cccc1. The third-order valence-corrected chi connectivity index (χ3v) is 2.35. The summed E-state index contributed by atoms with van der Waals surface area (Å²) in [5.74, 6) is 0. The number of aliphatic hydroxyl groups excluding tert-OH is 1. The molecule has 2 nitrogen and oxygen atoms in total. The summed E-state index contributed by atoms with van der Waals surface area (Å²) in [4.78, 5) is 0. The first-order chi connectivity index (χ1) is 6.83. The third-order valence-electron chi connectivity index (χ3n) is 2.35. The molecule has 0 aliphatic carbocycles. The summed E-state index contributed by atoms with van der Waals surface area (Å²) in [6, 6.07) is 9.92. The van der Waals surface area contributed by atoms with Crippen LogP contribution in [0.15, 0.2) is 42.7 Å². The summed E-state index contributed by atoms with van der Waals surface area (Å²) in [5, 5.41) is 9.23. The van der Waals surface area contributed by atoms with Gasteiger partial charge in [0.25, 0.3) is 0 Å². The Morgan fingerprint density at radius 3 is 2.50 bits per heavy atom. The number of nitrogens with zero attached hydrogens (tertiary/aromatic N) is 1. The van der Waals surface area contributed by atoms with Gasteiger partial charge in [-0.1, -0.05) is 18.2 Å². The number of aromatic nitrogens is 1. The van der Waals surface area contributed by atoms with Crippen LogP contribution in [-0.2, 0) is 6.61 Å². The summed E-state index contributed by atoms with van der Waals surface area (Å²) < 4.78 is 2.03. The second-order valence-electron chi connectivity index (χ2n) is 3.33. The Balaban J connectivity index is 2.61. The fraction of sp³-hybridized carbons (Fsp3) is 0.167. The molecule has 0 atom stereocenters. The minimum atomic E-state index is 0.0786. The summed E-state index contributed by atoms with van der Waals surface area (Å²) in [6.07, 6.45) is 3.98. The molecule has 72 valence electrons. The van der Waals surface area contributed by atoms with Crippen molar-refractivity contribution in [3.05, 3.63) is 53.9 Å². The second kappa shape index (κ2) is 3.68.